The van der Waals surface area contributed by atoms with Crippen molar-refractivity contribution in [2.45, 2.75) is 46.3 Å². The van der Waals surface area contributed by atoms with Gasteiger partial charge in [-0.25, -0.2) is 14.8 Å². The van der Waals surface area contributed by atoms with Crippen LogP contribution in [0.25, 0.3) is 10.6 Å². The van der Waals surface area contributed by atoms with E-state index in [1.165, 1.54) is 22.7 Å². The third-order valence-corrected chi connectivity index (χ3v) is 6.83. The molecule has 7 nitrogen and oxygen atoms in total. The summed E-state index contributed by atoms with van der Waals surface area (Å²) < 4.78 is 5.47. The van der Waals surface area contributed by atoms with Crippen molar-refractivity contribution in [1.82, 2.24) is 14.9 Å². The van der Waals surface area contributed by atoms with Crippen LogP contribution < -0.4 is 5.32 Å². The monoisotopic (exact) mass is 456 g/mol. The third kappa shape index (κ3) is 4.94. The van der Waals surface area contributed by atoms with Gasteiger partial charge in [-0.2, -0.15) is 0 Å². The van der Waals surface area contributed by atoms with E-state index >= 15 is 0 Å². The van der Waals surface area contributed by atoms with Gasteiger partial charge in [-0.1, -0.05) is 41.7 Å². The number of nitrogens with one attached hydrogen (secondary N) is 1. The van der Waals surface area contributed by atoms with Crippen molar-refractivity contribution < 1.29 is 14.3 Å². The van der Waals surface area contributed by atoms with E-state index in [0.29, 0.717) is 35.2 Å². The van der Waals surface area contributed by atoms with Gasteiger partial charge in [0.05, 0.1) is 17.9 Å². The number of carbonyl (C=O) groups excluding carboxylic acids is 2. The number of rotatable bonds is 3. The van der Waals surface area contributed by atoms with Crippen molar-refractivity contribution in [2.24, 2.45) is 0 Å². The minimum atomic E-state index is -0.532. The Morgan fingerprint density at radius 2 is 1.87 bits per heavy atom. The van der Waals surface area contributed by atoms with Crippen LogP contribution in [0.3, 0.4) is 0 Å². The second-order valence-electron chi connectivity index (χ2n) is 8.29. The molecule has 0 bridgehead atoms. The number of aryl methyl sites for hydroxylation is 1. The van der Waals surface area contributed by atoms with Gasteiger partial charge < -0.3 is 9.64 Å². The Labute approximate surface area is 189 Å². The number of benzene rings is 1. The van der Waals surface area contributed by atoms with Gasteiger partial charge in [0, 0.05) is 23.4 Å². The number of amides is 2. The van der Waals surface area contributed by atoms with Crippen LogP contribution in [-0.2, 0) is 17.7 Å². The first kappa shape index (κ1) is 21.5. The van der Waals surface area contributed by atoms with Crippen LogP contribution in [0.1, 0.15) is 46.7 Å². The van der Waals surface area contributed by atoms with Crippen molar-refractivity contribution in [3.05, 3.63) is 51.5 Å². The van der Waals surface area contributed by atoms with E-state index in [1.54, 1.807) is 4.90 Å². The number of thiazole rings is 2. The van der Waals surface area contributed by atoms with Crippen molar-refractivity contribution in [3.8, 4) is 10.6 Å². The molecule has 0 unspecified atom stereocenters. The Balaban J connectivity index is 1.46. The molecule has 1 aromatic carbocycles. The predicted octanol–water partition coefficient (Wildman–Crippen LogP) is 5.12. The number of carbonyl (C=O) groups is 2. The molecule has 0 fully saturated rings. The molecule has 0 saturated heterocycles. The van der Waals surface area contributed by atoms with E-state index in [-0.39, 0.29) is 12.0 Å². The maximum atomic E-state index is 12.9. The first-order valence-electron chi connectivity index (χ1n) is 10.0. The molecule has 4 rings (SSSR count). The largest absolute Gasteiger partial charge is 0.444 e. The summed E-state index contributed by atoms with van der Waals surface area (Å²) in [5.74, 6) is -0.215. The molecule has 0 saturated carbocycles. The van der Waals surface area contributed by atoms with Crippen LogP contribution in [-0.4, -0.2) is 39.0 Å². The molecule has 0 radical (unpaired) electrons. The van der Waals surface area contributed by atoms with Gasteiger partial charge in [0.15, 0.2) is 5.13 Å². The Hall–Kier alpha value is -2.78. The van der Waals surface area contributed by atoms with Gasteiger partial charge in [-0.05, 0) is 27.7 Å². The lowest BCUT2D eigenvalue weighted by Gasteiger charge is -2.29. The number of fused-ring (bicyclic) bond motifs is 1. The van der Waals surface area contributed by atoms with E-state index < -0.39 is 5.60 Å². The number of ether oxygens (including phenoxy) is 1. The second-order valence-corrected chi connectivity index (χ2v) is 10.4. The maximum Gasteiger partial charge on any atom is 0.410 e. The van der Waals surface area contributed by atoms with Gasteiger partial charge in [-0.15, -0.1) is 11.3 Å². The standard InChI is InChI=1S/C22H24N4O3S2/c1-13-17(31-19(23-13)14-8-6-5-7-9-14)18(27)25-20-24-15-10-11-26(12-16(15)30-20)21(28)29-22(2,3)4/h5-9H,10-12H2,1-4H3,(H,24,25,27). The fraction of sp³-hybridized carbons (Fsp3) is 0.364. The van der Waals surface area contributed by atoms with Gasteiger partial charge in [0.2, 0.25) is 0 Å². The molecule has 2 aromatic heterocycles. The average molecular weight is 457 g/mol. The zero-order chi connectivity index (χ0) is 22.2. The lowest BCUT2D eigenvalue weighted by Crippen LogP contribution is -2.39. The molecule has 162 valence electrons. The van der Waals surface area contributed by atoms with E-state index in [4.69, 9.17) is 4.74 Å². The number of nitrogens with zero attached hydrogens (tertiary/aromatic N) is 3. The summed E-state index contributed by atoms with van der Waals surface area (Å²) in [7, 11) is 0. The molecule has 0 atom stereocenters. The predicted molar refractivity (Wildman–Crippen MR) is 123 cm³/mol. The van der Waals surface area contributed by atoms with Crippen molar-refractivity contribution in [3.63, 3.8) is 0 Å². The summed E-state index contributed by atoms with van der Waals surface area (Å²) in [6.07, 6.45) is 0.310. The molecule has 3 heterocycles. The highest BCUT2D eigenvalue weighted by molar-refractivity contribution is 7.18. The van der Waals surface area contributed by atoms with E-state index in [0.717, 1.165) is 21.1 Å². The quantitative estimate of drug-likeness (QED) is 0.591. The van der Waals surface area contributed by atoms with Gasteiger partial charge in [-0.3, -0.25) is 10.1 Å². The number of hydrogen-bond donors (Lipinski definition) is 1. The van der Waals surface area contributed by atoms with E-state index in [2.05, 4.69) is 15.3 Å². The number of hydrogen-bond acceptors (Lipinski definition) is 7. The molecule has 9 heteroatoms. The molecule has 31 heavy (non-hydrogen) atoms. The van der Waals surface area contributed by atoms with Crippen LogP contribution in [0, 0.1) is 6.92 Å². The minimum Gasteiger partial charge on any atom is -0.444 e. The van der Waals surface area contributed by atoms with Gasteiger partial charge in [0.25, 0.3) is 5.91 Å². The smallest absolute Gasteiger partial charge is 0.410 e. The Morgan fingerprint density at radius 1 is 1.13 bits per heavy atom. The summed E-state index contributed by atoms with van der Waals surface area (Å²) in [5, 5.41) is 4.26. The Bertz CT molecular complexity index is 1120. The summed E-state index contributed by atoms with van der Waals surface area (Å²) >= 11 is 2.77. The van der Waals surface area contributed by atoms with Gasteiger partial charge in [0.1, 0.15) is 15.5 Å². The molecule has 1 aliphatic rings. The summed E-state index contributed by atoms with van der Waals surface area (Å²) in [6, 6.07) is 9.81. The lowest BCUT2D eigenvalue weighted by atomic mass is 10.2. The number of anilines is 1. The highest BCUT2D eigenvalue weighted by atomic mass is 32.1. The molecule has 0 spiro atoms. The summed E-state index contributed by atoms with van der Waals surface area (Å²) in [4.78, 5) is 37.6. The average Bonchev–Trinajstić information content (AvgIpc) is 3.29. The van der Waals surface area contributed by atoms with Crippen LogP contribution in [0.5, 0.6) is 0 Å². The van der Waals surface area contributed by atoms with Crippen molar-refractivity contribution in [1.29, 1.82) is 0 Å². The van der Waals surface area contributed by atoms with Crippen molar-refractivity contribution in [2.75, 3.05) is 11.9 Å². The third-order valence-electron chi connectivity index (χ3n) is 4.63. The van der Waals surface area contributed by atoms with Crippen molar-refractivity contribution >= 4 is 39.8 Å². The fourth-order valence-corrected chi connectivity index (χ4v) is 5.18. The van der Waals surface area contributed by atoms with Crippen LogP contribution in [0.2, 0.25) is 0 Å². The van der Waals surface area contributed by atoms with Crippen LogP contribution in [0.4, 0.5) is 9.93 Å². The van der Waals surface area contributed by atoms with E-state index in [1.807, 2.05) is 58.0 Å². The van der Waals surface area contributed by atoms with E-state index in [9.17, 15) is 9.59 Å². The zero-order valence-electron chi connectivity index (χ0n) is 17.9. The lowest BCUT2D eigenvalue weighted by molar-refractivity contribution is 0.0225. The normalized spacial score (nSPS) is 13.6. The zero-order valence-corrected chi connectivity index (χ0v) is 19.5. The van der Waals surface area contributed by atoms with Gasteiger partial charge >= 0.3 is 6.09 Å². The maximum absolute atomic E-state index is 12.9. The highest BCUT2D eigenvalue weighted by Gasteiger charge is 2.28. The van der Waals surface area contributed by atoms with Crippen LogP contribution >= 0.6 is 22.7 Å². The molecular formula is C22H24N4O3S2. The fourth-order valence-electron chi connectivity index (χ4n) is 3.20. The Morgan fingerprint density at radius 3 is 2.58 bits per heavy atom. The SMILES string of the molecule is Cc1nc(-c2ccccc2)sc1C(=O)Nc1nc2c(s1)CN(C(=O)OC(C)(C)C)CC2. The molecule has 2 amide bonds. The summed E-state index contributed by atoms with van der Waals surface area (Å²) in [6.45, 7) is 8.38. The second kappa shape index (κ2) is 8.39. The molecule has 3 aromatic rings. The first-order chi connectivity index (χ1) is 14.7. The van der Waals surface area contributed by atoms with Crippen LogP contribution in [0.15, 0.2) is 30.3 Å². The Kier molecular flexibility index (Phi) is 5.81. The first-order valence-corrected chi connectivity index (χ1v) is 11.6. The molecule has 1 aliphatic heterocycles. The topological polar surface area (TPSA) is 84.4 Å². The minimum absolute atomic E-state index is 0.215. The highest BCUT2D eigenvalue weighted by Crippen LogP contribution is 2.31. The molecule has 0 aliphatic carbocycles. The molecule has 1 N–H and O–H groups in total. The number of aromatic nitrogens is 2. The molecular weight excluding hydrogens is 432 g/mol. The summed E-state index contributed by atoms with van der Waals surface area (Å²) in [5.41, 5.74) is 2.07.